The first kappa shape index (κ1) is 9.22. The molecule has 11 heavy (non-hydrogen) atoms. The van der Waals surface area contributed by atoms with E-state index < -0.39 is 5.91 Å². The largest absolute Gasteiger partial charge is 0.366 e. The maximum atomic E-state index is 9.47. The molecule has 0 bridgehead atoms. The van der Waals surface area contributed by atoms with Gasteiger partial charge in [-0.2, -0.15) is 0 Å². The Bertz CT molecular complexity index is 184. The number of carbonyl (C=O) groups is 1. The quantitative estimate of drug-likeness (QED) is 0.551. The van der Waals surface area contributed by atoms with Gasteiger partial charge in [-0.25, -0.2) is 0 Å². The molecular formula is C6H8N4O. The fourth-order valence-electron chi connectivity index (χ4n) is 0.205. The molecule has 0 unspecified atom stereocenters. The van der Waals surface area contributed by atoms with E-state index in [0.717, 1.165) is 6.08 Å². The van der Waals surface area contributed by atoms with Crippen LogP contribution >= 0.6 is 0 Å². The van der Waals surface area contributed by atoms with Crippen molar-refractivity contribution in [3.05, 3.63) is 31.1 Å². The summed E-state index contributed by atoms with van der Waals surface area (Å²) in [6, 6.07) is 1.72. The van der Waals surface area contributed by atoms with Gasteiger partial charge in [-0.05, 0) is 17.4 Å². The third kappa shape index (κ3) is 8.22. The van der Waals surface area contributed by atoms with E-state index in [1.807, 2.05) is 0 Å². The first-order valence-electron chi connectivity index (χ1n) is 2.77. The van der Waals surface area contributed by atoms with Crippen molar-refractivity contribution in [2.24, 2.45) is 5.73 Å². The number of rotatable bonds is 1. The zero-order valence-corrected chi connectivity index (χ0v) is 5.84. The molecule has 0 aliphatic heterocycles. The normalized spacial score (nSPS) is 7.27. The number of nitrogens with two attached hydrogens (primary N) is 1. The van der Waals surface area contributed by atoms with Gasteiger partial charge in [0.2, 0.25) is 5.91 Å². The third-order valence-corrected chi connectivity index (χ3v) is 0.610. The molecule has 0 aliphatic carbocycles. The van der Waals surface area contributed by atoms with Crippen LogP contribution in [0.3, 0.4) is 0 Å². The van der Waals surface area contributed by atoms with Crippen molar-refractivity contribution < 1.29 is 4.79 Å². The van der Waals surface area contributed by atoms with Crippen molar-refractivity contribution in [1.29, 1.82) is 0 Å². The molecule has 0 saturated heterocycles. The highest BCUT2D eigenvalue weighted by molar-refractivity contribution is 5.84. The van der Waals surface area contributed by atoms with Gasteiger partial charge in [0.25, 0.3) is 0 Å². The molecule has 0 atom stereocenters. The lowest BCUT2D eigenvalue weighted by molar-refractivity contribution is -0.113. The molecule has 0 radical (unpaired) electrons. The van der Waals surface area contributed by atoms with E-state index in [-0.39, 0.29) is 0 Å². The molecule has 0 fully saturated rings. The first-order chi connectivity index (χ1) is 5.27. The summed E-state index contributed by atoms with van der Waals surface area (Å²) in [5.74, 6) is -0.481. The van der Waals surface area contributed by atoms with Crippen molar-refractivity contribution in [2.75, 3.05) is 0 Å². The van der Waals surface area contributed by atoms with Crippen molar-refractivity contribution in [2.45, 2.75) is 0 Å². The van der Waals surface area contributed by atoms with E-state index in [1.54, 1.807) is 18.5 Å². The Kier molecular flexibility index (Phi) is 5.32. The van der Waals surface area contributed by atoms with Gasteiger partial charge < -0.3 is 5.73 Å². The van der Waals surface area contributed by atoms with Gasteiger partial charge in [0.05, 0.1) is 12.4 Å². The van der Waals surface area contributed by atoms with Gasteiger partial charge in [0.15, 0.2) is 0 Å². The van der Waals surface area contributed by atoms with Crippen LogP contribution in [0.25, 0.3) is 0 Å². The Morgan fingerprint density at radius 2 is 1.91 bits per heavy atom. The zero-order valence-electron chi connectivity index (χ0n) is 5.84. The van der Waals surface area contributed by atoms with E-state index >= 15 is 0 Å². The van der Waals surface area contributed by atoms with Crippen molar-refractivity contribution in [3.63, 3.8) is 0 Å². The summed E-state index contributed by atoms with van der Waals surface area (Å²) in [5.41, 5.74) is 4.53. The molecule has 0 spiro atoms. The molecular weight excluding hydrogens is 144 g/mol. The van der Waals surface area contributed by atoms with Crippen LogP contribution in [-0.4, -0.2) is 21.3 Å². The average molecular weight is 152 g/mol. The molecule has 2 N–H and O–H groups in total. The molecule has 0 aliphatic rings. The summed E-state index contributed by atoms with van der Waals surface area (Å²) >= 11 is 0. The minimum atomic E-state index is -0.481. The number of hydrogen-bond acceptors (Lipinski definition) is 4. The molecule has 1 aromatic rings. The molecule has 1 amide bonds. The van der Waals surface area contributed by atoms with Crippen LogP contribution in [0.2, 0.25) is 0 Å². The Hall–Kier alpha value is -1.78. The van der Waals surface area contributed by atoms with E-state index in [1.165, 1.54) is 0 Å². The third-order valence-electron chi connectivity index (χ3n) is 0.610. The van der Waals surface area contributed by atoms with E-state index in [9.17, 15) is 4.79 Å². The fraction of sp³-hybridized carbons (Fsp3) is 0. The molecule has 1 heterocycles. The smallest absolute Gasteiger partial charge is 0.240 e. The van der Waals surface area contributed by atoms with Crippen LogP contribution in [0.1, 0.15) is 0 Å². The lowest BCUT2D eigenvalue weighted by Crippen LogP contribution is -2.04. The molecule has 0 aromatic carbocycles. The molecule has 5 heteroatoms. The second-order valence-electron chi connectivity index (χ2n) is 1.42. The first-order valence-corrected chi connectivity index (χ1v) is 2.77. The van der Waals surface area contributed by atoms with Crippen LogP contribution in [0.5, 0.6) is 0 Å². The van der Waals surface area contributed by atoms with Crippen LogP contribution in [0.4, 0.5) is 0 Å². The summed E-state index contributed by atoms with van der Waals surface area (Å²) in [4.78, 5) is 9.47. The lowest BCUT2D eigenvalue weighted by Gasteiger charge is -1.68. The van der Waals surface area contributed by atoms with Crippen LogP contribution in [0, 0.1) is 0 Å². The topological polar surface area (TPSA) is 81.8 Å². The lowest BCUT2D eigenvalue weighted by atomic mass is 10.6. The minimum absolute atomic E-state index is 0.481. The number of nitrogens with zero attached hydrogens (tertiary/aromatic N) is 3. The SMILES string of the molecule is C=CC(N)=O.c1cnnnc1. The van der Waals surface area contributed by atoms with Crippen LogP contribution in [0.15, 0.2) is 31.1 Å². The predicted octanol–water partition coefficient (Wildman–Crippen LogP) is -0.471. The second kappa shape index (κ2) is 6.34. The van der Waals surface area contributed by atoms with Gasteiger partial charge in [0, 0.05) is 0 Å². The van der Waals surface area contributed by atoms with E-state index in [2.05, 4.69) is 27.7 Å². The zero-order chi connectivity index (χ0) is 8.53. The average Bonchev–Trinajstić information content (AvgIpc) is 2.09. The summed E-state index contributed by atoms with van der Waals surface area (Å²) in [6.45, 7) is 3.09. The monoisotopic (exact) mass is 152 g/mol. The van der Waals surface area contributed by atoms with Gasteiger partial charge in [-0.1, -0.05) is 6.58 Å². The van der Waals surface area contributed by atoms with Crippen molar-refractivity contribution >= 4 is 5.91 Å². The van der Waals surface area contributed by atoms with Gasteiger partial charge in [-0.3, -0.25) is 4.79 Å². The highest BCUT2D eigenvalue weighted by Gasteiger charge is 1.69. The number of hydrogen-bond donors (Lipinski definition) is 1. The summed E-state index contributed by atoms with van der Waals surface area (Å²) in [6.07, 6.45) is 4.21. The number of amides is 1. The maximum Gasteiger partial charge on any atom is 0.240 e. The van der Waals surface area contributed by atoms with Crippen molar-refractivity contribution in [3.8, 4) is 0 Å². The highest BCUT2D eigenvalue weighted by Crippen LogP contribution is 1.61. The van der Waals surface area contributed by atoms with E-state index in [0.29, 0.717) is 0 Å². The summed E-state index contributed by atoms with van der Waals surface area (Å²) in [7, 11) is 0. The number of primary amides is 1. The standard InChI is InChI=1S/C3H3N3.C3H5NO/c1-2-4-6-5-3-1;1-2-3(4)5/h1-3H;2H,1H2,(H2,4,5). The molecule has 1 rings (SSSR count). The molecule has 58 valence electrons. The summed E-state index contributed by atoms with van der Waals surface area (Å²) < 4.78 is 0. The Morgan fingerprint density at radius 1 is 1.45 bits per heavy atom. The Balaban J connectivity index is 0.000000187. The number of carbonyl (C=O) groups excluding carboxylic acids is 1. The van der Waals surface area contributed by atoms with Crippen molar-refractivity contribution in [1.82, 2.24) is 15.4 Å². The summed E-state index contributed by atoms with van der Waals surface area (Å²) in [5, 5.41) is 10.1. The highest BCUT2D eigenvalue weighted by atomic mass is 16.1. The Labute approximate surface area is 63.9 Å². The van der Waals surface area contributed by atoms with Gasteiger partial charge in [-0.15, -0.1) is 10.2 Å². The fourth-order valence-corrected chi connectivity index (χ4v) is 0.205. The van der Waals surface area contributed by atoms with Crippen LogP contribution < -0.4 is 5.73 Å². The van der Waals surface area contributed by atoms with E-state index in [4.69, 9.17) is 0 Å². The predicted molar refractivity (Wildman–Crippen MR) is 39.2 cm³/mol. The van der Waals surface area contributed by atoms with Gasteiger partial charge in [0.1, 0.15) is 0 Å². The number of aromatic nitrogens is 3. The Morgan fingerprint density at radius 3 is 2.00 bits per heavy atom. The molecule has 5 nitrogen and oxygen atoms in total. The minimum Gasteiger partial charge on any atom is -0.366 e. The van der Waals surface area contributed by atoms with Crippen LogP contribution in [-0.2, 0) is 4.79 Å². The molecule has 0 saturated carbocycles. The molecule has 1 aromatic heterocycles. The second-order valence-corrected chi connectivity index (χ2v) is 1.42. The maximum absolute atomic E-state index is 9.47. The van der Waals surface area contributed by atoms with Gasteiger partial charge >= 0.3 is 0 Å².